The Morgan fingerprint density at radius 2 is 1.75 bits per heavy atom. The molecule has 0 atom stereocenters. The number of nitrogens with zero attached hydrogens (tertiary/aromatic N) is 2. The molecule has 1 aromatic carbocycles. The number of amides is 2. The van der Waals surface area contributed by atoms with Crippen LogP contribution in [0, 0.1) is 6.92 Å². The molecule has 7 nitrogen and oxygen atoms in total. The minimum atomic E-state index is -0.459. The van der Waals surface area contributed by atoms with Crippen molar-refractivity contribution >= 4 is 34.2 Å². The number of para-hydroxylation sites is 2. The summed E-state index contributed by atoms with van der Waals surface area (Å²) >= 11 is 1.41. The Bertz CT molecular complexity index is 1080. The van der Waals surface area contributed by atoms with Crippen molar-refractivity contribution in [3.8, 4) is 0 Å². The van der Waals surface area contributed by atoms with Gasteiger partial charge in [-0.05, 0) is 43.5 Å². The van der Waals surface area contributed by atoms with Gasteiger partial charge in [0.15, 0.2) is 0 Å². The predicted octanol–water partition coefficient (Wildman–Crippen LogP) is 2.61. The molecule has 0 bridgehead atoms. The first-order valence-electron chi connectivity index (χ1n) is 9.32. The third-order valence-corrected chi connectivity index (χ3v) is 5.94. The Hall–Kier alpha value is -2.87. The monoisotopic (exact) mass is 400 g/mol. The second kappa shape index (κ2) is 8.43. The summed E-state index contributed by atoms with van der Waals surface area (Å²) in [5, 5.41) is 0. The molecule has 148 valence electrons. The molecule has 0 saturated carbocycles. The van der Waals surface area contributed by atoms with Gasteiger partial charge in [0, 0.05) is 11.4 Å². The van der Waals surface area contributed by atoms with Gasteiger partial charge in [-0.2, -0.15) is 0 Å². The fourth-order valence-corrected chi connectivity index (χ4v) is 4.23. The lowest BCUT2D eigenvalue weighted by Gasteiger charge is -2.07. The number of carbonyl (C=O) groups excluding carboxylic acids is 2. The van der Waals surface area contributed by atoms with E-state index in [9.17, 15) is 14.4 Å². The molecular formula is C20H24N4O3S. The number of carbonyl (C=O) groups is 2. The zero-order valence-electron chi connectivity index (χ0n) is 16.2. The summed E-state index contributed by atoms with van der Waals surface area (Å²) in [6.07, 6.45) is 1.68. The highest BCUT2D eigenvalue weighted by atomic mass is 32.1. The molecule has 0 saturated heterocycles. The van der Waals surface area contributed by atoms with E-state index in [1.807, 2.05) is 51.1 Å². The van der Waals surface area contributed by atoms with Gasteiger partial charge in [-0.1, -0.05) is 26.0 Å². The van der Waals surface area contributed by atoms with Crippen LogP contribution in [0.15, 0.2) is 35.1 Å². The van der Waals surface area contributed by atoms with E-state index in [0.717, 1.165) is 28.8 Å². The largest absolute Gasteiger partial charge is 0.329 e. The van der Waals surface area contributed by atoms with Gasteiger partial charge in [-0.3, -0.25) is 29.6 Å². The van der Waals surface area contributed by atoms with Crippen molar-refractivity contribution in [2.45, 2.75) is 46.7 Å². The average molecular weight is 401 g/mol. The van der Waals surface area contributed by atoms with Crippen molar-refractivity contribution in [2.75, 3.05) is 0 Å². The second-order valence-corrected chi connectivity index (χ2v) is 7.72. The Labute approximate surface area is 166 Å². The van der Waals surface area contributed by atoms with Crippen LogP contribution in [0.1, 0.15) is 40.4 Å². The third kappa shape index (κ3) is 3.87. The van der Waals surface area contributed by atoms with Crippen LogP contribution in [0.5, 0.6) is 0 Å². The van der Waals surface area contributed by atoms with Crippen LogP contribution in [-0.2, 0) is 24.3 Å². The fraction of sp³-hybridized carbons (Fsp3) is 0.350. The normalized spacial score (nSPS) is 11.0. The topological polar surface area (TPSA) is 85.1 Å². The van der Waals surface area contributed by atoms with Crippen LogP contribution >= 0.6 is 11.3 Å². The summed E-state index contributed by atoms with van der Waals surface area (Å²) < 4.78 is 3.10. The number of aryl methyl sites for hydroxylation is 3. The molecule has 2 amide bonds. The predicted molar refractivity (Wildman–Crippen MR) is 111 cm³/mol. The van der Waals surface area contributed by atoms with Gasteiger partial charge < -0.3 is 0 Å². The molecule has 2 N–H and O–H groups in total. The molecule has 2 heterocycles. The smallest absolute Gasteiger partial charge is 0.292 e. The van der Waals surface area contributed by atoms with Gasteiger partial charge in [0.2, 0.25) is 0 Å². The van der Waals surface area contributed by atoms with Crippen molar-refractivity contribution in [3.63, 3.8) is 0 Å². The third-order valence-electron chi connectivity index (χ3n) is 4.56. The number of benzene rings is 1. The molecule has 0 aliphatic carbocycles. The highest BCUT2D eigenvalue weighted by Gasteiger charge is 2.16. The Balaban J connectivity index is 1.72. The molecule has 3 aromatic rings. The van der Waals surface area contributed by atoms with Crippen LogP contribution < -0.4 is 16.5 Å². The molecule has 0 aliphatic heterocycles. The summed E-state index contributed by atoms with van der Waals surface area (Å²) in [5.41, 5.74) is 7.18. The maximum Gasteiger partial charge on any atom is 0.329 e. The SMILES string of the molecule is CCCn1c(=O)n(CC(=O)NNC(=O)c2cc(C)c(CC)s2)c2ccccc21. The molecule has 8 heteroatoms. The van der Waals surface area contributed by atoms with Crippen LogP contribution in [-0.4, -0.2) is 20.9 Å². The summed E-state index contributed by atoms with van der Waals surface area (Å²) in [7, 11) is 0. The van der Waals surface area contributed by atoms with Gasteiger partial charge in [-0.25, -0.2) is 4.79 Å². The van der Waals surface area contributed by atoms with Gasteiger partial charge in [-0.15, -0.1) is 11.3 Å². The maximum absolute atomic E-state index is 12.7. The quantitative estimate of drug-likeness (QED) is 0.624. The lowest BCUT2D eigenvalue weighted by molar-refractivity contribution is -0.122. The number of fused-ring (bicyclic) bond motifs is 1. The zero-order chi connectivity index (χ0) is 20.3. The average Bonchev–Trinajstić information content (AvgIpc) is 3.19. The molecule has 2 aromatic heterocycles. The minimum Gasteiger partial charge on any atom is -0.292 e. The summed E-state index contributed by atoms with van der Waals surface area (Å²) in [4.78, 5) is 39.0. The lowest BCUT2D eigenvalue weighted by atomic mass is 10.2. The van der Waals surface area contributed by atoms with Crippen LogP contribution in [0.2, 0.25) is 0 Å². The molecule has 0 aliphatic rings. The first-order chi connectivity index (χ1) is 13.5. The van der Waals surface area contributed by atoms with Crippen LogP contribution in [0.3, 0.4) is 0 Å². The Morgan fingerprint density at radius 1 is 1.07 bits per heavy atom. The van der Waals surface area contributed by atoms with Gasteiger partial charge in [0.05, 0.1) is 15.9 Å². The number of imidazole rings is 1. The first kappa shape index (κ1) is 19.9. The number of nitrogens with one attached hydrogen (secondary N) is 2. The lowest BCUT2D eigenvalue weighted by Crippen LogP contribution is -2.44. The molecule has 0 fully saturated rings. The number of rotatable bonds is 6. The van der Waals surface area contributed by atoms with E-state index < -0.39 is 5.91 Å². The maximum atomic E-state index is 12.7. The number of aromatic nitrogens is 2. The molecule has 0 radical (unpaired) electrons. The van der Waals surface area contributed by atoms with E-state index in [1.54, 1.807) is 4.57 Å². The van der Waals surface area contributed by atoms with Gasteiger partial charge >= 0.3 is 5.69 Å². The van der Waals surface area contributed by atoms with Crippen molar-refractivity contribution in [2.24, 2.45) is 0 Å². The Morgan fingerprint density at radius 3 is 2.36 bits per heavy atom. The number of hydrogen-bond donors (Lipinski definition) is 2. The summed E-state index contributed by atoms with van der Waals surface area (Å²) in [6, 6.07) is 9.20. The molecule has 3 rings (SSSR count). The van der Waals surface area contributed by atoms with E-state index >= 15 is 0 Å². The molecular weight excluding hydrogens is 376 g/mol. The van der Waals surface area contributed by atoms with Gasteiger partial charge in [0.25, 0.3) is 11.8 Å². The van der Waals surface area contributed by atoms with E-state index in [0.29, 0.717) is 16.9 Å². The van der Waals surface area contributed by atoms with E-state index in [2.05, 4.69) is 10.9 Å². The highest BCUT2D eigenvalue weighted by molar-refractivity contribution is 7.14. The van der Waals surface area contributed by atoms with Gasteiger partial charge in [0.1, 0.15) is 6.54 Å². The summed E-state index contributed by atoms with van der Waals surface area (Å²) in [5.74, 6) is -0.819. The van der Waals surface area contributed by atoms with E-state index in [1.165, 1.54) is 15.9 Å². The number of thiophene rings is 1. The van der Waals surface area contributed by atoms with Crippen molar-refractivity contribution in [3.05, 3.63) is 56.1 Å². The van der Waals surface area contributed by atoms with Crippen molar-refractivity contribution < 1.29 is 9.59 Å². The fourth-order valence-electron chi connectivity index (χ4n) is 3.22. The molecule has 0 spiro atoms. The van der Waals surface area contributed by atoms with Crippen molar-refractivity contribution in [1.82, 2.24) is 20.0 Å². The van der Waals surface area contributed by atoms with Crippen molar-refractivity contribution in [1.29, 1.82) is 0 Å². The van der Waals surface area contributed by atoms with Crippen LogP contribution in [0.25, 0.3) is 11.0 Å². The Kier molecular flexibility index (Phi) is 5.99. The standard InChI is InChI=1S/C20H24N4O3S/c1-4-10-23-14-8-6-7-9-15(14)24(20(23)27)12-18(25)21-22-19(26)17-11-13(3)16(5-2)28-17/h6-9,11H,4-5,10,12H2,1-3H3,(H,21,25)(H,22,26). The molecule has 0 unspecified atom stereocenters. The highest BCUT2D eigenvalue weighted by Crippen LogP contribution is 2.22. The number of hydrogen-bond acceptors (Lipinski definition) is 4. The zero-order valence-corrected chi connectivity index (χ0v) is 17.1. The van der Waals surface area contributed by atoms with E-state index in [-0.39, 0.29) is 18.1 Å². The second-order valence-electron chi connectivity index (χ2n) is 6.58. The summed E-state index contributed by atoms with van der Waals surface area (Å²) in [6.45, 7) is 6.41. The van der Waals surface area contributed by atoms with Crippen LogP contribution in [0.4, 0.5) is 0 Å². The minimum absolute atomic E-state index is 0.167. The number of hydrazine groups is 1. The molecule has 28 heavy (non-hydrogen) atoms. The first-order valence-corrected chi connectivity index (χ1v) is 10.1. The van der Waals surface area contributed by atoms with E-state index in [4.69, 9.17) is 0 Å².